The highest BCUT2D eigenvalue weighted by Gasteiger charge is 2.31. The maximum absolute atomic E-state index is 12.0. The number of aryl methyl sites for hydroxylation is 1. The van der Waals surface area contributed by atoms with E-state index in [1.165, 1.54) is 11.8 Å². The van der Waals surface area contributed by atoms with Crippen molar-refractivity contribution in [3.63, 3.8) is 0 Å². The van der Waals surface area contributed by atoms with Crippen LogP contribution in [0.5, 0.6) is 0 Å². The van der Waals surface area contributed by atoms with E-state index in [0.717, 1.165) is 11.3 Å². The van der Waals surface area contributed by atoms with Gasteiger partial charge in [0.25, 0.3) is 0 Å². The molecule has 0 spiro atoms. The normalized spacial score (nSPS) is 19.0. The minimum Gasteiger partial charge on any atom is -0.310 e. The van der Waals surface area contributed by atoms with Crippen molar-refractivity contribution >= 4 is 40.1 Å². The summed E-state index contributed by atoms with van der Waals surface area (Å²) in [6, 6.07) is 1.75. The number of carbonyl (C=O) groups excluding carboxylic acids is 2. The fraction of sp³-hybridized carbons (Fsp3) is 0.462. The number of hydrogen-bond acceptors (Lipinski definition) is 4. The van der Waals surface area contributed by atoms with Crippen LogP contribution >= 0.6 is 23.4 Å². The molecule has 1 aliphatic heterocycles. The fourth-order valence-corrected chi connectivity index (χ4v) is 3.06. The molecule has 1 fully saturated rings. The smallest absolute Gasteiger partial charge is 0.227 e. The molecular weight excluding hydrogens is 284 g/mol. The van der Waals surface area contributed by atoms with Gasteiger partial charge < -0.3 is 4.90 Å². The second-order valence-electron chi connectivity index (χ2n) is 4.67. The van der Waals surface area contributed by atoms with Crippen LogP contribution in [-0.2, 0) is 9.59 Å². The molecule has 2 rings (SSSR count). The van der Waals surface area contributed by atoms with Crippen molar-refractivity contribution in [1.29, 1.82) is 0 Å². The van der Waals surface area contributed by atoms with Gasteiger partial charge in [0.15, 0.2) is 5.12 Å². The van der Waals surface area contributed by atoms with Crippen molar-refractivity contribution < 1.29 is 9.59 Å². The Labute approximate surface area is 121 Å². The first kappa shape index (κ1) is 14.3. The molecule has 1 aliphatic rings. The highest BCUT2D eigenvalue weighted by molar-refractivity contribution is 8.13. The van der Waals surface area contributed by atoms with Gasteiger partial charge in [0.2, 0.25) is 5.91 Å². The summed E-state index contributed by atoms with van der Waals surface area (Å²) in [7, 11) is 0. The average Bonchev–Trinajstić information content (AvgIpc) is 2.68. The van der Waals surface area contributed by atoms with Gasteiger partial charge in [-0.2, -0.15) is 0 Å². The van der Waals surface area contributed by atoms with Crippen LogP contribution in [-0.4, -0.2) is 28.3 Å². The van der Waals surface area contributed by atoms with Crippen LogP contribution in [0.4, 0.5) is 5.69 Å². The standard InChI is InChI=1S/C13H15ClN2O2S/c1-8-3-12(14)15-5-11(8)16-6-10(4-13(16)18)7-19-9(2)17/h3,5,10H,4,6-7H2,1-2H3. The first-order valence-corrected chi connectivity index (χ1v) is 7.39. The fourth-order valence-electron chi connectivity index (χ4n) is 2.16. The molecule has 0 saturated carbocycles. The summed E-state index contributed by atoms with van der Waals surface area (Å²) < 4.78 is 0. The lowest BCUT2D eigenvalue weighted by Crippen LogP contribution is -2.25. The van der Waals surface area contributed by atoms with Gasteiger partial charge in [0.05, 0.1) is 11.9 Å². The minimum absolute atomic E-state index is 0.0846. The number of hydrogen-bond donors (Lipinski definition) is 0. The molecule has 1 atom stereocenters. The van der Waals surface area contributed by atoms with Crippen molar-refractivity contribution in [2.75, 3.05) is 17.2 Å². The largest absolute Gasteiger partial charge is 0.310 e. The zero-order chi connectivity index (χ0) is 14.0. The van der Waals surface area contributed by atoms with Gasteiger partial charge in [-0.05, 0) is 24.5 Å². The summed E-state index contributed by atoms with van der Waals surface area (Å²) >= 11 is 7.10. The Bertz CT molecular complexity index is 521. The summed E-state index contributed by atoms with van der Waals surface area (Å²) in [4.78, 5) is 28.8. The number of nitrogens with zero attached hydrogens (tertiary/aromatic N) is 2. The number of aromatic nitrogens is 1. The van der Waals surface area contributed by atoms with Gasteiger partial charge in [-0.3, -0.25) is 9.59 Å². The Morgan fingerprint density at radius 1 is 1.63 bits per heavy atom. The molecule has 0 N–H and O–H groups in total. The Balaban J connectivity index is 2.09. The number of halogens is 1. The van der Waals surface area contributed by atoms with Crippen molar-refractivity contribution in [3.05, 3.63) is 23.0 Å². The summed E-state index contributed by atoms with van der Waals surface area (Å²) in [5.41, 5.74) is 1.75. The van der Waals surface area contributed by atoms with Gasteiger partial charge in [-0.1, -0.05) is 23.4 Å². The molecule has 0 bridgehead atoms. The van der Waals surface area contributed by atoms with Crippen LogP contribution in [0.25, 0.3) is 0 Å². The van der Waals surface area contributed by atoms with Crippen molar-refractivity contribution in [1.82, 2.24) is 4.98 Å². The van der Waals surface area contributed by atoms with Crippen molar-refractivity contribution in [3.8, 4) is 0 Å². The molecule has 0 aliphatic carbocycles. The number of anilines is 1. The summed E-state index contributed by atoms with van der Waals surface area (Å²) in [5, 5.41) is 0.520. The molecule has 1 saturated heterocycles. The molecule has 1 amide bonds. The maximum Gasteiger partial charge on any atom is 0.227 e. The predicted molar refractivity (Wildman–Crippen MR) is 77.6 cm³/mol. The third-order valence-electron chi connectivity index (χ3n) is 3.07. The second-order valence-corrected chi connectivity index (χ2v) is 6.25. The van der Waals surface area contributed by atoms with E-state index in [0.29, 0.717) is 23.9 Å². The topological polar surface area (TPSA) is 50.3 Å². The monoisotopic (exact) mass is 298 g/mol. The van der Waals surface area contributed by atoms with Crippen molar-refractivity contribution in [2.45, 2.75) is 20.3 Å². The number of rotatable bonds is 3. The third kappa shape index (κ3) is 3.48. The van der Waals surface area contributed by atoms with E-state index in [1.54, 1.807) is 24.1 Å². The highest BCUT2D eigenvalue weighted by atomic mass is 35.5. The lowest BCUT2D eigenvalue weighted by atomic mass is 10.1. The van der Waals surface area contributed by atoms with Gasteiger partial charge in [0, 0.05) is 25.6 Å². The molecule has 1 aromatic rings. The Kier molecular flexibility index (Phi) is 4.47. The summed E-state index contributed by atoms with van der Waals surface area (Å²) in [5.74, 6) is 0.996. The van der Waals surface area contributed by atoms with Crippen LogP contribution in [0, 0.1) is 12.8 Å². The Hall–Kier alpha value is -1.07. The SMILES string of the molecule is CC(=O)SCC1CC(=O)N(c2cnc(Cl)cc2C)C1. The first-order chi connectivity index (χ1) is 8.97. The average molecular weight is 299 g/mol. The molecule has 19 heavy (non-hydrogen) atoms. The van der Waals surface area contributed by atoms with Crippen LogP contribution < -0.4 is 4.90 Å². The van der Waals surface area contributed by atoms with Gasteiger partial charge >= 0.3 is 0 Å². The zero-order valence-corrected chi connectivity index (χ0v) is 12.4. The Morgan fingerprint density at radius 2 is 2.37 bits per heavy atom. The van der Waals surface area contributed by atoms with E-state index in [9.17, 15) is 9.59 Å². The second kappa shape index (κ2) is 5.92. The quantitative estimate of drug-likeness (QED) is 0.805. The van der Waals surface area contributed by atoms with E-state index in [2.05, 4.69) is 4.98 Å². The van der Waals surface area contributed by atoms with Gasteiger partial charge in [-0.15, -0.1) is 0 Å². The van der Waals surface area contributed by atoms with Crippen LogP contribution in [0.2, 0.25) is 5.15 Å². The Morgan fingerprint density at radius 3 is 3.00 bits per heavy atom. The third-order valence-corrected chi connectivity index (χ3v) is 4.32. The van der Waals surface area contributed by atoms with Crippen molar-refractivity contribution in [2.24, 2.45) is 5.92 Å². The molecule has 102 valence electrons. The molecule has 0 radical (unpaired) electrons. The molecule has 1 unspecified atom stereocenters. The van der Waals surface area contributed by atoms with E-state index < -0.39 is 0 Å². The number of amides is 1. The number of carbonyl (C=O) groups is 2. The number of thioether (sulfide) groups is 1. The molecule has 1 aromatic heterocycles. The molecule has 4 nitrogen and oxygen atoms in total. The van der Waals surface area contributed by atoms with E-state index in [4.69, 9.17) is 11.6 Å². The van der Waals surface area contributed by atoms with Gasteiger partial charge in [0.1, 0.15) is 5.15 Å². The molecule has 0 aromatic carbocycles. The van der Waals surface area contributed by atoms with Crippen LogP contribution in [0.1, 0.15) is 18.9 Å². The van der Waals surface area contributed by atoms with Crippen LogP contribution in [0.3, 0.4) is 0 Å². The lowest BCUT2D eigenvalue weighted by Gasteiger charge is -2.18. The van der Waals surface area contributed by atoms with E-state index in [1.807, 2.05) is 6.92 Å². The molecular formula is C13H15ClN2O2S. The maximum atomic E-state index is 12.0. The van der Waals surface area contributed by atoms with E-state index in [-0.39, 0.29) is 16.9 Å². The number of pyridine rings is 1. The minimum atomic E-state index is 0.0846. The van der Waals surface area contributed by atoms with Gasteiger partial charge in [-0.25, -0.2) is 4.98 Å². The summed E-state index contributed by atoms with van der Waals surface area (Å²) in [6.45, 7) is 4.10. The van der Waals surface area contributed by atoms with E-state index >= 15 is 0 Å². The lowest BCUT2D eigenvalue weighted by molar-refractivity contribution is -0.117. The molecule has 2 heterocycles. The first-order valence-electron chi connectivity index (χ1n) is 6.03. The van der Waals surface area contributed by atoms with Crippen LogP contribution in [0.15, 0.2) is 12.3 Å². The highest BCUT2D eigenvalue weighted by Crippen LogP contribution is 2.29. The zero-order valence-electron chi connectivity index (χ0n) is 10.9. The predicted octanol–water partition coefficient (Wildman–Crippen LogP) is 2.68. The summed E-state index contributed by atoms with van der Waals surface area (Å²) in [6.07, 6.45) is 2.12. The molecule has 6 heteroatoms.